The van der Waals surface area contributed by atoms with Crippen molar-refractivity contribution < 1.29 is 19.2 Å². The van der Waals surface area contributed by atoms with Crippen LogP contribution in [0.15, 0.2) is 52.0 Å². The molecule has 9 nitrogen and oxygen atoms in total. The monoisotopic (exact) mass is 420 g/mol. The number of anilines is 1. The number of carbonyl (C=O) groups excluding carboxylic acids is 2. The highest BCUT2D eigenvalue weighted by Gasteiger charge is 2.14. The van der Waals surface area contributed by atoms with Crippen molar-refractivity contribution in [3.05, 3.63) is 62.6 Å². The summed E-state index contributed by atoms with van der Waals surface area (Å²) in [6.45, 7) is 0. The van der Waals surface area contributed by atoms with Crippen LogP contribution < -0.4 is 15.5 Å². The molecule has 10 heteroatoms. The van der Waals surface area contributed by atoms with E-state index in [0.29, 0.717) is 11.3 Å². The van der Waals surface area contributed by atoms with Crippen molar-refractivity contribution in [1.29, 1.82) is 0 Å². The summed E-state index contributed by atoms with van der Waals surface area (Å²) >= 11 is 3.31. The Morgan fingerprint density at radius 2 is 1.88 bits per heavy atom. The highest BCUT2D eigenvalue weighted by atomic mass is 79.9. The van der Waals surface area contributed by atoms with E-state index in [1.165, 1.54) is 37.6 Å². The number of hydrogen-bond donors (Lipinski definition) is 2. The quantitative estimate of drug-likeness (QED) is 0.332. The van der Waals surface area contributed by atoms with E-state index < -0.39 is 16.7 Å². The van der Waals surface area contributed by atoms with Crippen molar-refractivity contribution >= 4 is 45.3 Å². The number of nitro benzene ring substituents is 1. The number of amides is 2. The van der Waals surface area contributed by atoms with Gasteiger partial charge in [0.05, 0.1) is 18.2 Å². The molecule has 0 saturated heterocycles. The second-order valence-corrected chi connectivity index (χ2v) is 5.76. The van der Waals surface area contributed by atoms with Crippen LogP contribution in [0.1, 0.15) is 5.56 Å². The summed E-state index contributed by atoms with van der Waals surface area (Å²) in [6, 6.07) is 10.3. The maximum Gasteiger partial charge on any atom is 0.329 e. The van der Waals surface area contributed by atoms with Gasteiger partial charge in [-0.3, -0.25) is 19.7 Å². The van der Waals surface area contributed by atoms with Crippen LogP contribution in [0.4, 0.5) is 11.4 Å². The predicted molar refractivity (Wildman–Crippen MR) is 98.2 cm³/mol. The lowest BCUT2D eigenvalue weighted by molar-refractivity contribution is -0.384. The Labute approximate surface area is 156 Å². The minimum atomic E-state index is -0.992. The molecule has 0 atom stereocenters. The van der Waals surface area contributed by atoms with Gasteiger partial charge < -0.3 is 10.1 Å². The third-order valence-corrected chi connectivity index (χ3v) is 3.60. The summed E-state index contributed by atoms with van der Waals surface area (Å²) in [5.74, 6) is -1.41. The van der Waals surface area contributed by atoms with E-state index in [-0.39, 0.29) is 11.4 Å². The number of methoxy groups -OCH3 is 1. The Morgan fingerprint density at radius 1 is 1.19 bits per heavy atom. The van der Waals surface area contributed by atoms with Crippen molar-refractivity contribution in [3.63, 3.8) is 0 Å². The number of nitro groups is 1. The fraction of sp³-hybridized carbons (Fsp3) is 0.0625. The molecule has 0 fully saturated rings. The molecule has 0 heterocycles. The maximum absolute atomic E-state index is 11.8. The number of nitrogens with zero attached hydrogens (tertiary/aromatic N) is 2. The van der Waals surface area contributed by atoms with Gasteiger partial charge in [0.2, 0.25) is 0 Å². The van der Waals surface area contributed by atoms with E-state index in [1.807, 2.05) is 0 Å². The lowest BCUT2D eigenvalue weighted by Crippen LogP contribution is -2.32. The fourth-order valence-corrected chi connectivity index (χ4v) is 2.25. The second kappa shape index (κ2) is 8.72. The molecule has 0 aliphatic carbocycles. The zero-order valence-corrected chi connectivity index (χ0v) is 15.0. The van der Waals surface area contributed by atoms with Gasteiger partial charge >= 0.3 is 11.8 Å². The lowest BCUT2D eigenvalue weighted by Gasteiger charge is -2.05. The zero-order valence-electron chi connectivity index (χ0n) is 13.4. The van der Waals surface area contributed by atoms with E-state index >= 15 is 0 Å². The molecule has 2 aromatic rings. The van der Waals surface area contributed by atoms with Crippen LogP contribution in [-0.4, -0.2) is 30.1 Å². The molecular formula is C16H13BrN4O5. The highest BCUT2D eigenvalue weighted by Crippen LogP contribution is 2.21. The van der Waals surface area contributed by atoms with Gasteiger partial charge in [-0.1, -0.05) is 15.9 Å². The third kappa shape index (κ3) is 5.11. The molecule has 2 amide bonds. The number of rotatable bonds is 5. The SMILES string of the molecule is COc1ccc(Br)cc1/C=N\NC(=O)C(=O)Nc1ccc([N+](=O)[O-])cc1. The van der Waals surface area contributed by atoms with Crippen LogP contribution >= 0.6 is 15.9 Å². The molecule has 0 aliphatic rings. The van der Waals surface area contributed by atoms with Gasteiger partial charge in [-0.2, -0.15) is 5.10 Å². The number of ether oxygens (including phenoxy) is 1. The number of benzene rings is 2. The number of nitrogens with one attached hydrogen (secondary N) is 2. The first-order valence-corrected chi connectivity index (χ1v) is 7.92. The number of non-ortho nitro benzene ring substituents is 1. The Morgan fingerprint density at radius 3 is 2.50 bits per heavy atom. The molecule has 0 radical (unpaired) electrons. The topological polar surface area (TPSA) is 123 Å². The van der Waals surface area contributed by atoms with Crippen molar-refractivity contribution in [2.24, 2.45) is 5.10 Å². The summed E-state index contributed by atoms with van der Waals surface area (Å²) in [5.41, 5.74) is 2.81. The highest BCUT2D eigenvalue weighted by molar-refractivity contribution is 9.10. The molecule has 0 spiro atoms. The summed E-state index contributed by atoms with van der Waals surface area (Å²) in [5, 5.41) is 16.6. The number of carbonyl (C=O) groups is 2. The minimum Gasteiger partial charge on any atom is -0.496 e. The number of halogens is 1. The van der Waals surface area contributed by atoms with Crippen molar-refractivity contribution in [1.82, 2.24) is 5.43 Å². The average Bonchev–Trinajstić information content (AvgIpc) is 2.62. The Hall–Kier alpha value is -3.27. The summed E-state index contributed by atoms with van der Waals surface area (Å²) in [6.07, 6.45) is 1.33. The normalized spacial score (nSPS) is 10.4. The van der Waals surface area contributed by atoms with E-state index in [9.17, 15) is 19.7 Å². The van der Waals surface area contributed by atoms with Crippen molar-refractivity contribution in [3.8, 4) is 5.75 Å². The molecule has 0 bridgehead atoms. The van der Waals surface area contributed by atoms with E-state index in [2.05, 4.69) is 31.8 Å². The molecule has 26 heavy (non-hydrogen) atoms. The first-order chi connectivity index (χ1) is 12.4. The predicted octanol–water partition coefficient (Wildman–Crippen LogP) is 2.45. The largest absolute Gasteiger partial charge is 0.496 e. The summed E-state index contributed by atoms with van der Waals surface area (Å²) in [7, 11) is 1.50. The molecule has 134 valence electrons. The van der Waals surface area contributed by atoms with Gasteiger partial charge in [-0.05, 0) is 30.3 Å². The summed E-state index contributed by atoms with van der Waals surface area (Å²) in [4.78, 5) is 33.5. The Bertz CT molecular complexity index is 867. The van der Waals surface area contributed by atoms with Gasteiger partial charge in [0.15, 0.2) is 0 Å². The molecular weight excluding hydrogens is 408 g/mol. The first-order valence-electron chi connectivity index (χ1n) is 7.13. The molecule has 0 unspecified atom stereocenters. The molecule has 0 aromatic heterocycles. The van der Waals surface area contributed by atoms with Gasteiger partial charge in [0.1, 0.15) is 5.75 Å². The van der Waals surface area contributed by atoms with Crippen molar-refractivity contribution in [2.45, 2.75) is 0 Å². The smallest absolute Gasteiger partial charge is 0.329 e. The van der Waals surface area contributed by atoms with E-state index in [4.69, 9.17) is 4.74 Å². The van der Waals surface area contributed by atoms with Crippen LogP contribution in [0, 0.1) is 10.1 Å². The maximum atomic E-state index is 11.8. The van der Waals surface area contributed by atoms with Crippen molar-refractivity contribution in [2.75, 3.05) is 12.4 Å². The third-order valence-electron chi connectivity index (χ3n) is 3.10. The second-order valence-electron chi connectivity index (χ2n) is 4.84. The number of hydrogen-bond acceptors (Lipinski definition) is 6. The van der Waals surface area contributed by atoms with Gasteiger partial charge in [-0.25, -0.2) is 5.43 Å². The van der Waals surface area contributed by atoms with Gasteiger partial charge in [0, 0.05) is 27.9 Å². The molecule has 2 rings (SSSR count). The van der Waals surface area contributed by atoms with Crippen LogP contribution in [0.3, 0.4) is 0 Å². The van der Waals surface area contributed by atoms with Crippen LogP contribution in [0.5, 0.6) is 5.75 Å². The fourth-order valence-electron chi connectivity index (χ4n) is 1.87. The van der Waals surface area contributed by atoms with Crippen LogP contribution in [0.25, 0.3) is 0 Å². The first kappa shape index (κ1) is 19.1. The molecule has 0 saturated carbocycles. The lowest BCUT2D eigenvalue weighted by atomic mass is 10.2. The van der Waals surface area contributed by atoms with Crippen LogP contribution in [-0.2, 0) is 9.59 Å². The van der Waals surface area contributed by atoms with E-state index in [1.54, 1.807) is 18.2 Å². The Balaban J connectivity index is 1.96. The molecule has 0 aliphatic heterocycles. The molecule has 2 aromatic carbocycles. The standard InChI is InChI=1S/C16H13BrN4O5/c1-26-14-7-2-11(17)8-10(14)9-18-20-16(23)15(22)19-12-3-5-13(6-4-12)21(24)25/h2-9H,1H3,(H,19,22)(H,20,23)/b18-9-. The zero-order chi connectivity index (χ0) is 19.1. The number of hydrazone groups is 1. The molecule has 2 N–H and O–H groups in total. The van der Waals surface area contributed by atoms with E-state index in [0.717, 1.165) is 4.47 Å². The minimum absolute atomic E-state index is 0.125. The van der Waals surface area contributed by atoms with Gasteiger partial charge in [-0.15, -0.1) is 0 Å². The van der Waals surface area contributed by atoms with Crippen LogP contribution in [0.2, 0.25) is 0 Å². The Kier molecular flexibility index (Phi) is 6.39. The van der Waals surface area contributed by atoms with Gasteiger partial charge in [0.25, 0.3) is 5.69 Å². The summed E-state index contributed by atoms with van der Waals surface area (Å²) < 4.78 is 5.95. The average molecular weight is 421 g/mol.